The van der Waals surface area contributed by atoms with Crippen molar-refractivity contribution in [3.63, 3.8) is 0 Å². The average Bonchev–Trinajstić information content (AvgIpc) is 3.38. The number of likely N-dealkylation sites (N-methyl/N-ethyl adjacent to an activating group) is 1. The Bertz CT molecular complexity index is 1420. The minimum absolute atomic E-state index is 0.0611. The van der Waals surface area contributed by atoms with Gasteiger partial charge < -0.3 is 25.0 Å². The zero-order chi connectivity index (χ0) is 24.7. The number of fused-ring (bicyclic) bond motifs is 2. The van der Waals surface area contributed by atoms with E-state index in [0.29, 0.717) is 40.3 Å². The van der Waals surface area contributed by atoms with Gasteiger partial charge in [-0.1, -0.05) is 22.9 Å². The summed E-state index contributed by atoms with van der Waals surface area (Å²) in [5.74, 6) is 0.250. The molecule has 1 saturated heterocycles. The first-order chi connectivity index (χ1) is 16.8. The fraction of sp³-hybridized carbons (Fsp3) is 0.333. The van der Waals surface area contributed by atoms with Gasteiger partial charge in [0.2, 0.25) is 11.9 Å². The van der Waals surface area contributed by atoms with Crippen LogP contribution in [-0.2, 0) is 11.8 Å². The third-order valence-corrected chi connectivity index (χ3v) is 7.41. The smallest absolute Gasteiger partial charge is 0.251 e. The predicted octanol–water partition coefficient (Wildman–Crippen LogP) is 3.47. The number of anilines is 2. The molecule has 0 aliphatic carbocycles. The molecule has 0 radical (unpaired) electrons. The molecule has 3 heterocycles. The second kappa shape index (κ2) is 9.44. The Morgan fingerprint density at radius 3 is 2.57 bits per heavy atom. The maximum Gasteiger partial charge on any atom is 0.251 e. The number of rotatable bonds is 5. The number of carbonyl (C=O) groups excluding carboxylic acids is 2. The number of piperazine rings is 1. The van der Waals surface area contributed by atoms with Gasteiger partial charge in [0, 0.05) is 43.8 Å². The van der Waals surface area contributed by atoms with Crippen LogP contribution in [0.25, 0.3) is 21.3 Å². The number of imidazole rings is 1. The van der Waals surface area contributed by atoms with Crippen LogP contribution in [0.2, 0.25) is 5.02 Å². The molecule has 0 unspecified atom stereocenters. The molecule has 1 atom stereocenters. The van der Waals surface area contributed by atoms with Crippen LogP contribution in [0.4, 0.5) is 11.1 Å². The molecule has 11 heteroatoms. The molecule has 2 N–H and O–H groups in total. The highest BCUT2D eigenvalue weighted by Crippen LogP contribution is 2.31. The van der Waals surface area contributed by atoms with Crippen molar-refractivity contribution >= 4 is 67.1 Å². The van der Waals surface area contributed by atoms with E-state index in [-0.39, 0.29) is 11.8 Å². The lowest BCUT2D eigenvalue weighted by Crippen LogP contribution is -2.53. The molecule has 5 rings (SSSR count). The largest absolute Gasteiger partial charge is 0.341 e. The summed E-state index contributed by atoms with van der Waals surface area (Å²) in [6.45, 7) is 4.75. The monoisotopic (exact) mass is 511 g/mol. The van der Waals surface area contributed by atoms with Crippen molar-refractivity contribution in [2.24, 2.45) is 7.05 Å². The number of thiazole rings is 1. The van der Waals surface area contributed by atoms with Gasteiger partial charge in [-0.2, -0.15) is 0 Å². The number of amides is 2. The highest BCUT2D eigenvalue weighted by atomic mass is 35.5. The Labute approximate surface area is 211 Å². The van der Waals surface area contributed by atoms with Crippen LogP contribution in [-0.4, -0.2) is 75.4 Å². The quantitative estimate of drug-likeness (QED) is 0.426. The van der Waals surface area contributed by atoms with Crippen molar-refractivity contribution in [3.05, 3.63) is 47.0 Å². The Balaban J connectivity index is 1.30. The minimum Gasteiger partial charge on any atom is -0.341 e. The summed E-state index contributed by atoms with van der Waals surface area (Å²) in [4.78, 5) is 38.9. The van der Waals surface area contributed by atoms with Crippen LogP contribution in [0, 0.1) is 0 Å². The van der Waals surface area contributed by atoms with E-state index in [2.05, 4.69) is 25.5 Å². The second-order valence-corrected chi connectivity index (χ2v) is 10.2. The number of carbonyl (C=O) groups is 2. The molecule has 1 fully saturated rings. The number of hydrogen-bond donors (Lipinski definition) is 2. The Morgan fingerprint density at radius 1 is 1.03 bits per heavy atom. The average molecular weight is 512 g/mol. The molecule has 1 aliphatic heterocycles. The fourth-order valence-corrected chi connectivity index (χ4v) is 5.28. The molecule has 35 heavy (non-hydrogen) atoms. The molecule has 182 valence electrons. The topological polar surface area (TPSA) is 95.4 Å². The van der Waals surface area contributed by atoms with Crippen LogP contribution >= 0.6 is 22.9 Å². The van der Waals surface area contributed by atoms with E-state index in [1.165, 1.54) is 11.3 Å². The van der Waals surface area contributed by atoms with E-state index in [4.69, 9.17) is 11.6 Å². The Kier molecular flexibility index (Phi) is 6.35. The van der Waals surface area contributed by atoms with Gasteiger partial charge in [0.25, 0.3) is 5.91 Å². The fourth-order valence-electron chi connectivity index (χ4n) is 4.14. The van der Waals surface area contributed by atoms with Crippen molar-refractivity contribution < 1.29 is 9.59 Å². The summed E-state index contributed by atoms with van der Waals surface area (Å²) in [5, 5.41) is 7.48. The third kappa shape index (κ3) is 4.82. The van der Waals surface area contributed by atoms with Crippen LogP contribution in [0.1, 0.15) is 17.3 Å². The number of hydrogen-bond acceptors (Lipinski definition) is 7. The van der Waals surface area contributed by atoms with E-state index in [0.717, 1.165) is 28.8 Å². The van der Waals surface area contributed by atoms with Crippen LogP contribution < -0.4 is 10.6 Å². The molecule has 2 aromatic heterocycles. The summed E-state index contributed by atoms with van der Waals surface area (Å²) >= 11 is 7.58. The molecular weight excluding hydrogens is 486 g/mol. The molecule has 0 bridgehead atoms. The maximum absolute atomic E-state index is 12.9. The SMILES string of the molecule is C[C@@H](NC(=O)c1ccc2c(c1)nc(Nc1nc3ccc(Cl)cc3s1)n2C)C(=O)N1CCN(C)CC1. The van der Waals surface area contributed by atoms with Gasteiger partial charge in [-0.25, -0.2) is 9.97 Å². The van der Waals surface area contributed by atoms with Gasteiger partial charge >= 0.3 is 0 Å². The number of halogens is 1. The first-order valence-electron chi connectivity index (χ1n) is 11.4. The zero-order valence-electron chi connectivity index (χ0n) is 19.7. The second-order valence-electron chi connectivity index (χ2n) is 8.78. The molecule has 0 saturated carbocycles. The number of aromatic nitrogens is 3. The molecule has 2 amide bonds. The lowest BCUT2D eigenvalue weighted by molar-refractivity contribution is -0.134. The third-order valence-electron chi connectivity index (χ3n) is 6.25. The van der Waals surface area contributed by atoms with Crippen molar-refractivity contribution in [2.75, 3.05) is 38.5 Å². The van der Waals surface area contributed by atoms with Crippen molar-refractivity contribution in [2.45, 2.75) is 13.0 Å². The predicted molar refractivity (Wildman–Crippen MR) is 140 cm³/mol. The van der Waals surface area contributed by atoms with Gasteiger partial charge in [-0.15, -0.1) is 0 Å². The van der Waals surface area contributed by atoms with E-state index < -0.39 is 6.04 Å². The number of aryl methyl sites for hydroxylation is 1. The molecule has 0 spiro atoms. The van der Waals surface area contributed by atoms with E-state index in [1.807, 2.05) is 42.9 Å². The van der Waals surface area contributed by atoms with E-state index in [9.17, 15) is 9.59 Å². The van der Waals surface area contributed by atoms with E-state index in [1.54, 1.807) is 24.0 Å². The zero-order valence-corrected chi connectivity index (χ0v) is 21.3. The van der Waals surface area contributed by atoms with Crippen molar-refractivity contribution in [1.82, 2.24) is 29.7 Å². The van der Waals surface area contributed by atoms with Crippen molar-refractivity contribution in [3.8, 4) is 0 Å². The van der Waals surface area contributed by atoms with Crippen LogP contribution in [0.15, 0.2) is 36.4 Å². The normalized spacial score (nSPS) is 15.5. The summed E-state index contributed by atoms with van der Waals surface area (Å²) in [7, 11) is 3.94. The first-order valence-corrected chi connectivity index (χ1v) is 12.6. The van der Waals surface area contributed by atoms with Gasteiger partial charge in [0.1, 0.15) is 6.04 Å². The van der Waals surface area contributed by atoms with Gasteiger partial charge in [-0.3, -0.25) is 9.59 Å². The summed E-state index contributed by atoms with van der Waals surface area (Å²) in [6.07, 6.45) is 0. The number of nitrogens with one attached hydrogen (secondary N) is 2. The minimum atomic E-state index is -0.602. The molecule has 2 aromatic carbocycles. The van der Waals surface area contributed by atoms with Crippen molar-refractivity contribution in [1.29, 1.82) is 0 Å². The Morgan fingerprint density at radius 2 is 1.80 bits per heavy atom. The van der Waals surface area contributed by atoms with Crippen LogP contribution in [0.5, 0.6) is 0 Å². The highest BCUT2D eigenvalue weighted by molar-refractivity contribution is 7.22. The summed E-state index contributed by atoms with van der Waals surface area (Å²) < 4.78 is 2.90. The molecule has 9 nitrogen and oxygen atoms in total. The summed E-state index contributed by atoms with van der Waals surface area (Å²) in [5.41, 5.74) is 2.86. The maximum atomic E-state index is 12.9. The lowest BCUT2D eigenvalue weighted by Gasteiger charge is -2.34. The first kappa shape index (κ1) is 23.5. The molecular formula is C24H26ClN7O2S. The van der Waals surface area contributed by atoms with Gasteiger partial charge in [-0.05, 0) is 50.4 Å². The number of benzene rings is 2. The molecule has 4 aromatic rings. The van der Waals surface area contributed by atoms with E-state index >= 15 is 0 Å². The number of nitrogens with zero attached hydrogens (tertiary/aromatic N) is 5. The van der Waals surface area contributed by atoms with Gasteiger partial charge in [0.15, 0.2) is 5.13 Å². The molecule has 1 aliphatic rings. The Hall–Kier alpha value is -3.21. The standard InChI is InChI=1S/C24H26ClN7O2S/c1-14(22(34)32-10-8-30(2)9-11-32)26-21(33)15-4-7-19-18(12-15)27-23(31(19)3)29-24-28-17-6-5-16(25)13-20(17)35-24/h4-7,12-14H,8-11H2,1-3H3,(H,26,33)(H,27,28,29)/t14-/m1/s1. The highest BCUT2D eigenvalue weighted by Gasteiger charge is 2.25. The van der Waals surface area contributed by atoms with Crippen LogP contribution in [0.3, 0.4) is 0 Å². The van der Waals surface area contributed by atoms with Gasteiger partial charge in [0.05, 0.1) is 21.3 Å². The lowest BCUT2D eigenvalue weighted by atomic mass is 10.1. The summed E-state index contributed by atoms with van der Waals surface area (Å²) in [6, 6.07) is 10.3.